The molecule has 0 atom stereocenters. The van der Waals surface area contributed by atoms with Gasteiger partial charge in [-0.1, -0.05) is 45.9 Å². The lowest BCUT2D eigenvalue weighted by Gasteiger charge is -2.26. The van der Waals surface area contributed by atoms with Gasteiger partial charge in [-0.05, 0) is 35.4 Å². The van der Waals surface area contributed by atoms with Gasteiger partial charge in [0.2, 0.25) is 0 Å². The second kappa shape index (κ2) is 6.74. The second-order valence-electron chi connectivity index (χ2n) is 5.10. The number of hydrogen-bond acceptors (Lipinski definition) is 4. The third-order valence-corrected chi connectivity index (χ3v) is 3.18. The van der Waals surface area contributed by atoms with Crippen molar-refractivity contribution < 1.29 is 26.4 Å². The molecule has 120 valence electrons. The number of phenolic OH excluding ortho intramolecular Hbond substituents is 2. The molecular weight excluding hydrogens is 314 g/mol. The Labute approximate surface area is 128 Å². The van der Waals surface area contributed by atoms with Crippen LogP contribution in [0.5, 0.6) is 11.5 Å². The average molecular weight is 330 g/mol. The van der Waals surface area contributed by atoms with E-state index in [0.717, 1.165) is 11.1 Å². The van der Waals surface area contributed by atoms with Crippen molar-refractivity contribution in [1.82, 2.24) is 0 Å². The zero-order valence-electron chi connectivity index (χ0n) is 12.0. The molecule has 7 heteroatoms. The van der Waals surface area contributed by atoms with Gasteiger partial charge in [0, 0.05) is 5.41 Å². The normalized spacial score (nSPS) is 11.5. The molecule has 0 fully saturated rings. The quantitative estimate of drug-likeness (QED) is 0.825. The second-order valence-corrected chi connectivity index (χ2v) is 5.85. The SMILES string of the molecule is CC(C)(c1ccc(O)cc1)c1ccc(O)cc1.O=S(=O)(F)F. The van der Waals surface area contributed by atoms with Crippen LogP contribution in [0.15, 0.2) is 48.5 Å². The van der Waals surface area contributed by atoms with Crippen molar-refractivity contribution in [3.8, 4) is 11.5 Å². The van der Waals surface area contributed by atoms with Crippen molar-refractivity contribution >= 4 is 10.6 Å². The van der Waals surface area contributed by atoms with E-state index in [1.54, 1.807) is 24.3 Å². The molecule has 2 rings (SSSR count). The Morgan fingerprint density at radius 2 is 1.00 bits per heavy atom. The number of rotatable bonds is 2. The van der Waals surface area contributed by atoms with Gasteiger partial charge in [0.1, 0.15) is 11.5 Å². The standard InChI is InChI=1S/C15H16O2.F2O2S/c1-15(2,11-3-7-13(16)8-4-11)12-5-9-14(17)10-6-12;1-5(2,3)4/h3-10,16-17H,1-2H3;. The van der Waals surface area contributed by atoms with E-state index in [4.69, 9.17) is 8.42 Å². The highest BCUT2D eigenvalue weighted by molar-refractivity contribution is 7.81. The van der Waals surface area contributed by atoms with Crippen LogP contribution >= 0.6 is 0 Å². The molecule has 22 heavy (non-hydrogen) atoms. The Bertz CT molecular complexity index is 653. The first-order valence-electron chi connectivity index (χ1n) is 6.23. The van der Waals surface area contributed by atoms with E-state index in [1.165, 1.54) is 0 Å². The van der Waals surface area contributed by atoms with Gasteiger partial charge in [0.15, 0.2) is 0 Å². The van der Waals surface area contributed by atoms with Crippen molar-refractivity contribution in [2.45, 2.75) is 19.3 Å². The van der Waals surface area contributed by atoms with Crippen molar-refractivity contribution in [2.24, 2.45) is 0 Å². The van der Waals surface area contributed by atoms with Crippen LogP contribution in [0.4, 0.5) is 7.77 Å². The summed E-state index contributed by atoms with van der Waals surface area (Å²) in [5, 5.41) is 18.6. The van der Waals surface area contributed by atoms with Gasteiger partial charge in [0.25, 0.3) is 0 Å². The molecule has 2 N–H and O–H groups in total. The number of benzene rings is 2. The first kappa shape index (κ1) is 17.9. The Hall–Kier alpha value is -2.15. The van der Waals surface area contributed by atoms with Crippen LogP contribution in [0.2, 0.25) is 0 Å². The molecule has 2 aromatic rings. The average Bonchev–Trinajstić information content (AvgIpc) is 2.38. The van der Waals surface area contributed by atoms with E-state index in [2.05, 4.69) is 13.8 Å². The minimum atomic E-state index is -5.67. The fourth-order valence-electron chi connectivity index (χ4n) is 1.92. The maximum Gasteiger partial charge on any atom is 0.476 e. The summed E-state index contributed by atoms with van der Waals surface area (Å²) in [7, 11) is -5.67. The zero-order chi connectivity index (χ0) is 17.0. The Balaban J connectivity index is 0.000000422. The van der Waals surface area contributed by atoms with Crippen LogP contribution in [0.3, 0.4) is 0 Å². The summed E-state index contributed by atoms with van der Waals surface area (Å²) < 4.78 is 36.6. The molecule has 0 aromatic heterocycles. The number of phenols is 2. The maximum atomic E-state index is 9.99. The molecular formula is C15H16F2O4S. The molecule has 0 aliphatic rings. The third kappa shape index (κ3) is 5.69. The number of hydrogen-bond donors (Lipinski definition) is 2. The first-order chi connectivity index (χ1) is 10.00. The lowest BCUT2D eigenvalue weighted by Crippen LogP contribution is -2.18. The molecule has 0 unspecified atom stereocenters. The Morgan fingerprint density at radius 3 is 1.23 bits per heavy atom. The molecule has 0 saturated carbocycles. The van der Waals surface area contributed by atoms with E-state index >= 15 is 0 Å². The molecule has 0 spiro atoms. The molecule has 0 bridgehead atoms. The molecule has 2 aromatic carbocycles. The van der Waals surface area contributed by atoms with Crippen molar-refractivity contribution in [3.63, 3.8) is 0 Å². The summed E-state index contributed by atoms with van der Waals surface area (Å²) in [4.78, 5) is 0. The van der Waals surface area contributed by atoms with Gasteiger partial charge in [-0.25, -0.2) is 0 Å². The van der Waals surface area contributed by atoms with Crippen LogP contribution < -0.4 is 0 Å². The van der Waals surface area contributed by atoms with E-state index in [9.17, 15) is 18.0 Å². The predicted octanol–water partition coefficient (Wildman–Crippen LogP) is 3.59. The fraction of sp³-hybridized carbons (Fsp3) is 0.200. The molecule has 0 aliphatic heterocycles. The summed E-state index contributed by atoms with van der Waals surface area (Å²) in [5.41, 5.74) is 2.10. The van der Waals surface area contributed by atoms with E-state index in [0.29, 0.717) is 0 Å². The topological polar surface area (TPSA) is 74.6 Å². The predicted molar refractivity (Wildman–Crippen MR) is 79.5 cm³/mol. The molecule has 0 saturated heterocycles. The van der Waals surface area contributed by atoms with Crippen molar-refractivity contribution in [2.75, 3.05) is 0 Å². The van der Waals surface area contributed by atoms with Gasteiger partial charge >= 0.3 is 10.6 Å². The zero-order valence-corrected chi connectivity index (χ0v) is 12.8. The van der Waals surface area contributed by atoms with Crippen molar-refractivity contribution in [1.29, 1.82) is 0 Å². The van der Waals surface area contributed by atoms with Crippen LogP contribution in [0, 0.1) is 0 Å². The minimum absolute atomic E-state index is 0.151. The molecule has 0 amide bonds. The summed E-state index contributed by atoms with van der Waals surface area (Å²) >= 11 is 0. The van der Waals surface area contributed by atoms with Crippen molar-refractivity contribution in [3.05, 3.63) is 59.7 Å². The van der Waals surface area contributed by atoms with E-state index in [-0.39, 0.29) is 16.9 Å². The van der Waals surface area contributed by atoms with Gasteiger partial charge < -0.3 is 10.2 Å². The number of aromatic hydroxyl groups is 2. The highest BCUT2D eigenvalue weighted by Crippen LogP contribution is 2.32. The van der Waals surface area contributed by atoms with Crippen LogP contribution in [-0.4, -0.2) is 18.6 Å². The lowest BCUT2D eigenvalue weighted by molar-refractivity contribution is 0.474. The van der Waals surface area contributed by atoms with Gasteiger partial charge in [-0.2, -0.15) is 8.42 Å². The monoisotopic (exact) mass is 330 g/mol. The van der Waals surface area contributed by atoms with E-state index < -0.39 is 10.6 Å². The highest BCUT2D eigenvalue weighted by Gasteiger charge is 2.22. The maximum absolute atomic E-state index is 9.99. The summed E-state index contributed by atoms with van der Waals surface area (Å²) in [6.45, 7) is 4.23. The van der Waals surface area contributed by atoms with Gasteiger partial charge in [-0.15, -0.1) is 0 Å². The lowest BCUT2D eigenvalue weighted by atomic mass is 9.78. The molecule has 0 radical (unpaired) electrons. The van der Waals surface area contributed by atoms with Gasteiger partial charge in [-0.3, -0.25) is 0 Å². The van der Waals surface area contributed by atoms with Crippen LogP contribution in [0.1, 0.15) is 25.0 Å². The van der Waals surface area contributed by atoms with Crippen LogP contribution in [-0.2, 0) is 16.0 Å². The van der Waals surface area contributed by atoms with E-state index in [1.807, 2.05) is 24.3 Å². The Morgan fingerprint density at radius 1 is 0.773 bits per heavy atom. The molecule has 0 heterocycles. The highest BCUT2D eigenvalue weighted by atomic mass is 32.3. The number of halogens is 2. The minimum Gasteiger partial charge on any atom is -0.508 e. The molecule has 4 nitrogen and oxygen atoms in total. The van der Waals surface area contributed by atoms with Crippen LogP contribution in [0.25, 0.3) is 0 Å². The summed E-state index contributed by atoms with van der Waals surface area (Å²) in [6.07, 6.45) is 0. The first-order valence-corrected chi connectivity index (χ1v) is 7.52. The third-order valence-electron chi connectivity index (χ3n) is 3.18. The summed E-state index contributed by atoms with van der Waals surface area (Å²) in [5.74, 6) is 0.547. The Kier molecular flexibility index (Phi) is 5.48. The largest absolute Gasteiger partial charge is 0.508 e. The molecule has 0 aliphatic carbocycles. The fourth-order valence-corrected chi connectivity index (χ4v) is 1.92. The van der Waals surface area contributed by atoms with Gasteiger partial charge in [0.05, 0.1) is 0 Å². The smallest absolute Gasteiger partial charge is 0.476 e. The summed E-state index contributed by atoms with van der Waals surface area (Å²) in [6, 6.07) is 14.4.